The zero-order chi connectivity index (χ0) is 22.8. The number of hydrogen-bond donors (Lipinski definition) is 0. The van der Waals surface area contributed by atoms with Gasteiger partial charge in [0, 0.05) is 28.7 Å². The maximum atomic E-state index is 14.8. The van der Waals surface area contributed by atoms with Crippen LogP contribution < -0.4 is 13.8 Å². The molecule has 0 atom stereocenters. The van der Waals surface area contributed by atoms with Gasteiger partial charge in [-0.15, -0.1) is 0 Å². The summed E-state index contributed by atoms with van der Waals surface area (Å²) in [4.78, 5) is 3.13. The van der Waals surface area contributed by atoms with Gasteiger partial charge in [-0.05, 0) is 36.8 Å². The monoisotopic (exact) mass is 467 g/mol. The molecule has 0 fully saturated rings. The number of rotatable bonds is 8. The molecule has 0 radical (unpaired) electrons. The Morgan fingerprint density at radius 2 is 1.90 bits per heavy atom. The second-order valence-electron chi connectivity index (χ2n) is 6.46. The second kappa shape index (κ2) is 8.98. The van der Waals surface area contributed by atoms with Gasteiger partial charge in [0.2, 0.25) is 5.13 Å². The van der Waals surface area contributed by atoms with Gasteiger partial charge in [-0.3, -0.25) is 0 Å². The summed E-state index contributed by atoms with van der Waals surface area (Å²) in [5.74, 6) is -1.13. The van der Waals surface area contributed by atoms with Gasteiger partial charge in [0.05, 0.1) is 20.8 Å². The molecule has 0 aliphatic heterocycles. The van der Waals surface area contributed by atoms with E-state index in [1.54, 1.807) is 18.2 Å². The third-order valence-corrected chi connectivity index (χ3v) is 6.98. The van der Waals surface area contributed by atoms with Crippen molar-refractivity contribution >= 4 is 32.3 Å². The number of nitrogens with zero attached hydrogens (tertiary/aromatic N) is 3. The Hall–Kier alpha value is -3.05. The van der Waals surface area contributed by atoms with Crippen LogP contribution in [0.4, 0.5) is 13.9 Å². The molecule has 0 unspecified atom stereocenters. The van der Waals surface area contributed by atoms with E-state index in [9.17, 15) is 17.2 Å². The maximum Gasteiger partial charge on any atom is 0.269 e. The van der Waals surface area contributed by atoms with Crippen molar-refractivity contribution in [2.45, 2.75) is 18.4 Å². The van der Waals surface area contributed by atoms with Crippen LogP contribution in [0, 0.1) is 11.6 Å². The van der Waals surface area contributed by atoms with Crippen LogP contribution in [0.5, 0.6) is 11.5 Å². The zero-order valence-electron chi connectivity index (χ0n) is 16.9. The molecule has 0 saturated carbocycles. The van der Waals surface area contributed by atoms with E-state index in [1.165, 1.54) is 27.5 Å². The topological polar surface area (TPSA) is 81.6 Å². The molecule has 31 heavy (non-hydrogen) atoms. The number of halogens is 2. The maximum absolute atomic E-state index is 14.8. The van der Waals surface area contributed by atoms with E-state index in [1.807, 2.05) is 0 Å². The molecular weight excluding hydrogens is 448 g/mol. The van der Waals surface area contributed by atoms with Gasteiger partial charge >= 0.3 is 0 Å². The van der Waals surface area contributed by atoms with E-state index >= 15 is 0 Å². The van der Waals surface area contributed by atoms with Crippen LogP contribution >= 0.6 is 11.5 Å². The fraction of sp³-hybridized carbons (Fsp3) is 0.200. The van der Waals surface area contributed by atoms with Crippen molar-refractivity contribution < 1.29 is 26.7 Å². The van der Waals surface area contributed by atoms with Crippen molar-refractivity contribution in [2.24, 2.45) is 0 Å². The summed E-state index contributed by atoms with van der Waals surface area (Å²) in [6, 6.07) is 6.29. The smallest absolute Gasteiger partial charge is 0.269 e. The number of hydrogen-bond acceptors (Lipinski definition) is 7. The van der Waals surface area contributed by atoms with Gasteiger partial charge in [-0.25, -0.2) is 26.5 Å². The molecule has 1 aromatic heterocycles. The first-order valence-corrected chi connectivity index (χ1v) is 11.1. The Balaban J connectivity index is 2.12. The van der Waals surface area contributed by atoms with Crippen molar-refractivity contribution in [3.8, 4) is 11.5 Å². The highest BCUT2D eigenvalue weighted by atomic mass is 32.2. The third-order valence-electron chi connectivity index (χ3n) is 4.42. The summed E-state index contributed by atoms with van der Waals surface area (Å²) in [6.07, 6.45) is 1.18. The third kappa shape index (κ3) is 4.52. The lowest BCUT2D eigenvalue weighted by atomic mass is 10.1. The molecular formula is C20H19F2N3O4S2. The van der Waals surface area contributed by atoms with Gasteiger partial charge in [0.15, 0.2) is 0 Å². The van der Waals surface area contributed by atoms with E-state index in [-0.39, 0.29) is 22.8 Å². The minimum absolute atomic E-state index is 0.0124. The molecule has 0 aliphatic carbocycles. The van der Waals surface area contributed by atoms with Crippen LogP contribution in [0.25, 0.3) is 5.57 Å². The second-order valence-corrected chi connectivity index (χ2v) is 9.05. The molecule has 0 bridgehead atoms. The van der Waals surface area contributed by atoms with E-state index in [0.717, 1.165) is 21.9 Å². The SMILES string of the molecule is C=C(C)c1cc(F)c(S(=O)(=O)N(Cc2ccc(OC)cc2OC)c2ncns2)cc1F. The summed E-state index contributed by atoms with van der Waals surface area (Å²) < 4.78 is 71.2. The Morgan fingerprint density at radius 1 is 1.16 bits per heavy atom. The standard InChI is InChI=1S/C20H19F2N3O4S2/c1-12(2)15-8-17(22)19(9-16(15)21)31(26,27)25(20-23-11-24-30-20)10-13-5-6-14(28-3)7-18(13)29-4/h5-9,11H,1,10H2,2-4H3. The van der Waals surface area contributed by atoms with Crippen molar-refractivity contribution in [1.29, 1.82) is 0 Å². The first kappa shape index (κ1) is 22.6. The number of methoxy groups -OCH3 is 2. The van der Waals surface area contributed by atoms with Gasteiger partial charge in [0.25, 0.3) is 10.0 Å². The van der Waals surface area contributed by atoms with Gasteiger partial charge in [0.1, 0.15) is 34.4 Å². The van der Waals surface area contributed by atoms with Crippen molar-refractivity contribution in [3.05, 3.63) is 66.0 Å². The first-order valence-electron chi connectivity index (χ1n) is 8.84. The Kier molecular flexibility index (Phi) is 6.56. The lowest BCUT2D eigenvalue weighted by Gasteiger charge is -2.23. The quantitative estimate of drug-likeness (QED) is 0.492. The molecule has 2 aromatic carbocycles. The minimum atomic E-state index is -4.55. The van der Waals surface area contributed by atoms with Crippen LogP contribution in [0.1, 0.15) is 18.1 Å². The number of sulfonamides is 1. The molecule has 0 aliphatic rings. The van der Waals surface area contributed by atoms with Crippen LogP contribution in [0.15, 0.2) is 48.1 Å². The minimum Gasteiger partial charge on any atom is -0.497 e. The normalized spacial score (nSPS) is 11.3. The molecule has 164 valence electrons. The molecule has 0 saturated heterocycles. The summed E-state index contributed by atoms with van der Waals surface area (Å²) >= 11 is 0.801. The summed E-state index contributed by atoms with van der Waals surface area (Å²) in [7, 11) is -1.64. The Labute approximate surface area is 182 Å². The number of ether oxygens (including phenoxy) is 2. The summed E-state index contributed by atoms with van der Waals surface area (Å²) in [5.41, 5.74) is 0.626. The number of allylic oxidation sites excluding steroid dienone is 1. The van der Waals surface area contributed by atoms with Crippen molar-refractivity contribution in [1.82, 2.24) is 9.36 Å². The van der Waals surface area contributed by atoms with Crippen molar-refractivity contribution in [2.75, 3.05) is 18.5 Å². The van der Waals surface area contributed by atoms with E-state index in [4.69, 9.17) is 9.47 Å². The molecule has 0 N–H and O–H groups in total. The first-order chi connectivity index (χ1) is 14.7. The van der Waals surface area contributed by atoms with Gasteiger partial charge in [-0.2, -0.15) is 4.37 Å². The number of aromatic nitrogens is 2. The van der Waals surface area contributed by atoms with Crippen LogP contribution in [0.2, 0.25) is 0 Å². The summed E-state index contributed by atoms with van der Waals surface area (Å²) in [6.45, 7) is 4.82. The average Bonchev–Trinajstić information content (AvgIpc) is 3.27. The lowest BCUT2D eigenvalue weighted by molar-refractivity contribution is 0.391. The molecule has 3 aromatic rings. The number of benzene rings is 2. The molecule has 0 spiro atoms. The Bertz CT molecular complexity index is 1220. The molecule has 1 heterocycles. The van der Waals surface area contributed by atoms with E-state index < -0.39 is 26.6 Å². The van der Waals surface area contributed by atoms with Gasteiger partial charge < -0.3 is 9.47 Å². The predicted molar refractivity (Wildman–Crippen MR) is 114 cm³/mol. The largest absolute Gasteiger partial charge is 0.497 e. The van der Waals surface area contributed by atoms with E-state index in [0.29, 0.717) is 23.1 Å². The molecule has 11 heteroatoms. The molecule has 3 rings (SSSR count). The lowest BCUT2D eigenvalue weighted by Crippen LogP contribution is -2.31. The summed E-state index contributed by atoms with van der Waals surface area (Å²) in [5, 5.41) is -0.0124. The van der Waals surface area contributed by atoms with Gasteiger partial charge in [-0.1, -0.05) is 6.58 Å². The fourth-order valence-corrected chi connectivity index (χ4v) is 5.03. The van der Waals surface area contributed by atoms with Crippen LogP contribution in [-0.2, 0) is 16.6 Å². The number of anilines is 1. The average molecular weight is 468 g/mol. The zero-order valence-corrected chi connectivity index (χ0v) is 18.6. The molecule has 7 nitrogen and oxygen atoms in total. The fourth-order valence-electron chi connectivity index (χ4n) is 2.84. The van der Waals surface area contributed by atoms with Crippen LogP contribution in [-0.4, -0.2) is 32.0 Å². The van der Waals surface area contributed by atoms with Crippen LogP contribution in [0.3, 0.4) is 0 Å². The highest BCUT2D eigenvalue weighted by molar-refractivity contribution is 7.93. The van der Waals surface area contributed by atoms with E-state index in [2.05, 4.69) is 15.9 Å². The highest BCUT2D eigenvalue weighted by Gasteiger charge is 2.32. The highest BCUT2D eigenvalue weighted by Crippen LogP contribution is 2.33. The predicted octanol–water partition coefficient (Wildman–Crippen LogP) is 4.26. The van der Waals surface area contributed by atoms with Crippen molar-refractivity contribution in [3.63, 3.8) is 0 Å². The Morgan fingerprint density at radius 3 is 2.48 bits per heavy atom. The molecule has 0 amide bonds.